The van der Waals surface area contributed by atoms with Gasteiger partial charge >= 0.3 is 12.0 Å². The molecule has 2 N–H and O–H groups in total. The highest BCUT2D eigenvalue weighted by Gasteiger charge is 2.24. The van der Waals surface area contributed by atoms with Crippen LogP contribution in [0.3, 0.4) is 0 Å². The lowest BCUT2D eigenvalue weighted by atomic mass is 10.3. The molecule has 1 fully saturated rings. The Bertz CT molecular complexity index is 754. The lowest BCUT2D eigenvalue weighted by Crippen LogP contribution is -2.42. The van der Waals surface area contributed by atoms with Crippen molar-refractivity contribution in [1.29, 1.82) is 0 Å². The summed E-state index contributed by atoms with van der Waals surface area (Å²) < 4.78 is 9.87. The van der Waals surface area contributed by atoms with Crippen LogP contribution in [0, 0.1) is 0 Å². The maximum atomic E-state index is 11.6. The maximum absolute atomic E-state index is 11.6. The molecule has 1 aliphatic rings. The zero-order valence-corrected chi connectivity index (χ0v) is 14.0. The Morgan fingerprint density at radius 1 is 1.36 bits per heavy atom. The minimum atomic E-state index is -0.677. The molecule has 1 aliphatic carbocycles. The molecule has 132 valence electrons. The van der Waals surface area contributed by atoms with Gasteiger partial charge in [-0.2, -0.15) is 16.3 Å². The first kappa shape index (κ1) is 17.1. The van der Waals surface area contributed by atoms with Crippen molar-refractivity contribution in [3.63, 3.8) is 0 Å². The third kappa shape index (κ3) is 5.38. The molecule has 9 nitrogen and oxygen atoms in total. The third-order valence-electron chi connectivity index (χ3n) is 3.32. The van der Waals surface area contributed by atoms with E-state index in [0.717, 1.165) is 18.4 Å². The van der Waals surface area contributed by atoms with E-state index in [1.165, 1.54) is 11.3 Å². The highest BCUT2D eigenvalue weighted by Crippen LogP contribution is 2.19. The minimum absolute atomic E-state index is 0.00712. The van der Waals surface area contributed by atoms with Crippen LogP contribution in [-0.4, -0.2) is 40.7 Å². The Morgan fingerprint density at radius 3 is 2.92 bits per heavy atom. The molecule has 0 atom stereocenters. The fourth-order valence-corrected chi connectivity index (χ4v) is 2.54. The molecule has 0 unspecified atom stereocenters. The van der Waals surface area contributed by atoms with E-state index in [9.17, 15) is 14.4 Å². The van der Waals surface area contributed by atoms with Crippen LogP contribution in [0.1, 0.15) is 25.2 Å². The van der Waals surface area contributed by atoms with E-state index in [1.807, 2.05) is 16.8 Å². The van der Waals surface area contributed by atoms with Crippen molar-refractivity contribution in [1.82, 2.24) is 20.8 Å². The monoisotopic (exact) mass is 364 g/mol. The number of imide groups is 1. The van der Waals surface area contributed by atoms with Crippen LogP contribution in [-0.2, 0) is 20.7 Å². The minimum Gasteiger partial charge on any atom is -0.456 e. The number of nitrogens with zero attached hydrogens (tertiary/aromatic N) is 2. The van der Waals surface area contributed by atoms with Gasteiger partial charge in [-0.1, -0.05) is 5.16 Å². The van der Waals surface area contributed by atoms with Crippen molar-refractivity contribution < 1.29 is 23.6 Å². The van der Waals surface area contributed by atoms with Gasteiger partial charge in [0.2, 0.25) is 11.7 Å². The number of ether oxygens (including phenoxy) is 1. The van der Waals surface area contributed by atoms with Crippen molar-refractivity contribution in [2.45, 2.75) is 31.7 Å². The second-order valence-corrected chi connectivity index (χ2v) is 6.26. The Kier molecular flexibility index (Phi) is 5.39. The van der Waals surface area contributed by atoms with E-state index in [1.54, 1.807) is 0 Å². The number of rotatable bonds is 7. The van der Waals surface area contributed by atoms with Crippen LogP contribution in [0.2, 0.25) is 0 Å². The molecule has 3 amide bonds. The van der Waals surface area contributed by atoms with E-state index in [4.69, 9.17) is 9.26 Å². The van der Waals surface area contributed by atoms with Crippen molar-refractivity contribution in [3.05, 3.63) is 22.7 Å². The zero-order chi connectivity index (χ0) is 17.6. The summed E-state index contributed by atoms with van der Waals surface area (Å²) in [5.41, 5.74) is 0.851. The predicted octanol–water partition coefficient (Wildman–Crippen LogP) is 1.26. The molecule has 2 aromatic rings. The summed E-state index contributed by atoms with van der Waals surface area (Å²) in [6, 6.07) is 1.44. The fourth-order valence-electron chi connectivity index (χ4n) is 1.90. The summed E-state index contributed by atoms with van der Waals surface area (Å²) >= 11 is 1.52. The van der Waals surface area contributed by atoms with Gasteiger partial charge in [0.15, 0.2) is 6.61 Å². The second-order valence-electron chi connectivity index (χ2n) is 5.48. The van der Waals surface area contributed by atoms with Gasteiger partial charge < -0.3 is 14.6 Å². The largest absolute Gasteiger partial charge is 0.456 e. The predicted molar refractivity (Wildman–Crippen MR) is 86.6 cm³/mol. The van der Waals surface area contributed by atoms with Crippen LogP contribution < -0.4 is 10.6 Å². The van der Waals surface area contributed by atoms with Crippen LogP contribution in [0.15, 0.2) is 21.3 Å². The van der Waals surface area contributed by atoms with Gasteiger partial charge in [0, 0.05) is 23.4 Å². The van der Waals surface area contributed by atoms with Gasteiger partial charge in [-0.15, -0.1) is 0 Å². The number of esters is 1. The normalized spacial score (nSPS) is 13.3. The van der Waals surface area contributed by atoms with Crippen molar-refractivity contribution in [3.8, 4) is 11.4 Å². The lowest BCUT2D eigenvalue weighted by Gasteiger charge is -2.06. The molecule has 0 aromatic carbocycles. The molecule has 2 aromatic heterocycles. The number of urea groups is 1. The molecular formula is C15H16N4O5S. The number of amides is 3. The molecule has 0 radical (unpaired) electrons. The Hall–Kier alpha value is -2.75. The standard InChI is InChI=1S/C15H16N4O5S/c20-11(17-15(22)16-10-1-2-10)7-23-13(21)4-3-12-18-14(19-24-12)9-5-6-25-8-9/h5-6,8,10H,1-4,7H2,(H2,16,17,20,22). The number of nitrogens with one attached hydrogen (secondary N) is 2. The molecule has 3 rings (SSSR count). The van der Waals surface area contributed by atoms with Crippen LogP contribution in [0.25, 0.3) is 11.4 Å². The molecular weight excluding hydrogens is 348 g/mol. The Morgan fingerprint density at radius 2 is 2.20 bits per heavy atom. The van der Waals surface area contributed by atoms with Gasteiger partial charge in [-0.25, -0.2) is 4.79 Å². The molecule has 1 saturated carbocycles. The van der Waals surface area contributed by atoms with Crippen molar-refractivity contribution in [2.75, 3.05) is 6.61 Å². The SMILES string of the molecule is O=C(COC(=O)CCc1nc(-c2ccsc2)no1)NC(=O)NC1CC1. The van der Waals surface area contributed by atoms with E-state index in [-0.39, 0.29) is 18.9 Å². The molecule has 0 bridgehead atoms. The highest BCUT2D eigenvalue weighted by atomic mass is 32.1. The third-order valence-corrected chi connectivity index (χ3v) is 4.00. The second kappa shape index (κ2) is 7.88. The summed E-state index contributed by atoms with van der Waals surface area (Å²) in [4.78, 5) is 38.6. The molecule has 0 aliphatic heterocycles. The first-order chi connectivity index (χ1) is 12.1. The summed E-state index contributed by atoms with van der Waals surface area (Å²) in [6.45, 7) is -0.513. The van der Waals surface area contributed by atoms with Crippen LogP contribution >= 0.6 is 11.3 Å². The van der Waals surface area contributed by atoms with E-state index >= 15 is 0 Å². The first-order valence-electron chi connectivity index (χ1n) is 7.71. The number of carbonyl (C=O) groups is 3. The van der Waals surface area contributed by atoms with Gasteiger partial charge in [-0.05, 0) is 24.3 Å². The fraction of sp³-hybridized carbons (Fsp3) is 0.400. The van der Waals surface area contributed by atoms with Gasteiger partial charge in [-0.3, -0.25) is 14.9 Å². The summed E-state index contributed by atoms with van der Waals surface area (Å²) in [5.74, 6) is -0.492. The van der Waals surface area contributed by atoms with E-state index < -0.39 is 24.5 Å². The Balaban J connectivity index is 1.35. The van der Waals surface area contributed by atoms with Crippen LogP contribution in [0.5, 0.6) is 0 Å². The number of hydrogen-bond acceptors (Lipinski definition) is 8. The van der Waals surface area contributed by atoms with E-state index in [0.29, 0.717) is 11.7 Å². The number of hydrogen-bond donors (Lipinski definition) is 2. The topological polar surface area (TPSA) is 123 Å². The molecule has 2 heterocycles. The molecule has 0 spiro atoms. The van der Waals surface area contributed by atoms with Crippen molar-refractivity contribution >= 4 is 29.2 Å². The Labute approximate surface area is 146 Å². The van der Waals surface area contributed by atoms with Gasteiger partial charge in [0.05, 0.1) is 6.42 Å². The zero-order valence-electron chi connectivity index (χ0n) is 13.2. The number of aryl methyl sites for hydroxylation is 1. The smallest absolute Gasteiger partial charge is 0.321 e. The number of carbonyl (C=O) groups excluding carboxylic acids is 3. The van der Waals surface area contributed by atoms with Gasteiger partial charge in [0.1, 0.15) is 0 Å². The van der Waals surface area contributed by atoms with Crippen molar-refractivity contribution in [2.24, 2.45) is 0 Å². The quantitative estimate of drug-likeness (QED) is 0.709. The summed E-state index contributed by atoms with van der Waals surface area (Å²) in [6.07, 6.45) is 2.04. The number of thiophene rings is 1. The number of aromatic nitrogens is 2. The van der Waals surface area contributed by atoms with Crippen LogP contribution in [0.4, 0.5) is 4.79 Å². The lowest BCUT2D eigenvalue weighted by molar-refractivity contribution is -0.148. The maximum Gasteiger partial charge on any atom is 0.321 e. The summed E-state index contributed by atoms with van der Waals surface area (Å²) in [5, 5.41) is 12.3. The average molecular weight is 364 g/mol. The van der Waals surface area contributed by atoms with Gasteiger partial charge in [0.25, 0.3) is 5.91 Å². The molecule has 25 heavy (non-hydrogen) atoms. The molecule has 0 saturated heterocycles. The average Bonchev–Trinajstić information content (AvgIpc) is 3.06. The van der Waals surface area contributed by atoms with E-state index in [2.05, 4.69) is 20.8 Å². The molecule has 10 heteroatoms. The summed E-state index contributed by atoms with van der Waals surface area (Å²) in [7, 11) is 0. The highest BCUT2D eigenvalue weighted by molar-refractivity contribution is 7.08. The first-order valence-corrected chi connectivity index (χ1v) is 8.65.